The first kappa shape index (κ1) is 12.5. The van der Waals surface area contributed by atoms with Gasteiger partial charge in [-0.25, -0.2) is 8.78 Å². The molecule has 16 heavy (non-hydrogen) atoms. The largest absolute Gasteiger partial charge is 0.573 e. The summed E-state index contributed by atoms with van der Waals surface area (Å²) in [7, 11) is 0. The van der Waals surface area contributed by atoms with Gasteiger partial charge < -0.3 is 9.72 Å². The SMILES string of the molecule is Cc1c[nH]c(C(F)F)c(OC(F)(F)F)c1=O. The number of pyridine rings is 1. The quantitative estimate of drug-likeness (QED) is 0.811. The zero-order valence-electron chi connectivity index (χ0n) is 7.86. The summed E-state index contributed by atoms with van der Waals surface area (Å²) in [5.74, 6) is -1.41. The Kier molecular flexibility index (Phi) is 3.20. The predicted molar refractivity (Wildman–Crippen MR) is 43.4 cm³/mol. The maximum atomic E-state index is 12.3. The highest BCUT2D eigenvalue weighted by molar-refractivity contribution is 5.32. The van der Waals surface area contributed by atoms with Crippen LogP contribution in [-0.2, 0) is 0 Å². The van der Waals surface area contributed by atoms with Gasteiger partial charge in [-0.15, -0.1) is 13.2 Å². The standard InChI is InChI=1S/C8H6F5NO2/c1-3-2-14-4(7(9)10)6(5(3)15)16-8(11,12)13/h2,7H,1H3,(H,14,15). The fraction of sp³-hybridized carbons (Fsp3) is 0.375. The Balaban J connectivity index is 3.33. The number of halogens is 5. The van der Waals surface area contributed by atoms with Gasteiger partial charge in [0.1, 0.15) is 5.69 Å². The Labute approximate surface area is 85.8 Å². The van der Waals surface area contributed by atoms with Crippen LogP contribution in [0.25, 0.3) is 0 Å². The zero-order chi connectivity index (χ0) is 12.5. The number of alkyl halides is 5. The van der Waals surface area contributed by atoms with E-state index in [2.05, 4.69) is 4.74 Å². The second-order valence-electron chi connectivity index (χ2n) is 2.89. The van der Waals surface area contributed by atoms with Crippen molar-refractivity contribution in [3.8, 4) is 5.75 Å². The highest BCUT2D eigenvalue weighted by Gasteiger charge is 2.35. The molecule has 1 rings (SSSR count). The third-order valence-electron chi connectivity index (χ3n) is 1.69. The van der Waals surface area contributed by atoms with Crippen molar-refractivity contribution in [2.75, 3.05) is 0 Å². The molecule has 0 bridgehead atoms. The summed E-state index contributed by atoms with van der Waals surface area (Å²) in [6.45, 7) is 1.18. The fourth-order valence-electron chi connectivity index (χ4n) is 0.998. The summed E-state index contributed by atoms with van der Waals surface area (Å²) < 4.78 is 63.5. The third-order valence-corrected chi connectivity index (χ3v) is 1.69. The lowest BCUT2D eigenvalue weighted by atomic mass is 10.2. The van der Waals surface area contributed by atoms with Crippen molar-refractivity contribution in [1.82, 2.24) is 4.98 Å². The van der Waals surface area contributed by atoms with Crippen molar-refractivity contribution in [3.05, 3.63) is 27.7 Å². The molecule has 1 N–H and O–H groups in total. The maximum absolute atomic E-state index is 12.3. The molecule has 0 saturated heterocycles. The molecule has 1 aromatic rings. The van der Waals surface area contributed by atoms with Crippen molar-refractivity contribution >= 4 is 0 Å². The molecule has 0 saturated carbocycles. The second-order valence-corrected chi connectivity index (χ2v) is 2.89. The van der Waals surface area contributed by atoms with Gasteiger partial charge in [0.25, 0.3) is 6.43 Å². The van der Waals surface area contributed by atoms with Gasteiger partial charge in [-0.3, -0.25) is 4.79 Å². The molecule has 0 unspecified atom stereocenters. The Hall–Kier alpha value is -1.60. The molecule has 0 aliphatic carbocycles. The van der Waals surface area contributed by atoms with Crippen LogP contribution in [0.4, 0.5) is 22.0 Å². The Bertz CT molecular complexity index is 437. The molecule has 0 aromatic carbocycles. The topological polar surface area (TPSA) is 42.1 Å². The minimum Gasteiger partial charge on any atom is -0.399 e. The van der Waals surface area contributed by atoms with E-state index in [1.807, 2.05) is 4.98 Å². The molecular formula is C8H6F5NO2. The van der Waals surface area contributed by atoms with E-state index in [0.29, 0.717) is 0 Å². The summed E-state index contributed by atoms with van der Waals surface area (Å²) in [6.07, 6.45) is -7.55. The summed E-state index contributed by atoms with van der Waals surface area (Å²) in [5, 5.41) is 0. The van der Waals surface area contributed by atoms with Gasteiger partial charge in [-0.2, -0.15) is 0 Å². The molecular weight excluding hydrogens is 237 g/mol. The lowest BCUT2D eigenvalue weighted by Gasteiger charge is -2.12. The molecule has 3 nitrogen and oxygen atoms in total. The van der Waals surface area contributed by atoms with E-state index in [-0.39, 0.29) is 5.56 Å². The number of aromatic nitrogens is 1. The van der Waals surface area contributed by atoms with E-state index in [9.17, 15) is 26.7 Å². The van der Waals surface area contributed by atoms with Gasteiger partial charge in [0.2, 0.25) is 11.2 Å². The van der Waals surface area contributed by atoms with Crippen molar-refractivity contribution in [3.63, 3.8) is 0 Å². The highest BCUT2D eigenvalue weighted by Crippen LogP contribution is 2.28. The fourth-order valence-corrected chi connectivity index (χ4v) is 0.998. The number of aromatic amines is 1. The van der Waals surface area contributed by atoms with E-state index >= 15 is 0 Å². The molecule has 1 heterocycles. The third kappa shape index (κ3) is 2.71. The summed E-state index contributed by atoms with van der Waals surface area (Å²) in [4.78, 5) is 13.1. The van der Waals surface area contributed by atoms with Crippen LogP contribution in [0.15, 0.2) is 11.0 Å². The van der Waals surface area contributed by atoms with E-state index in [1.165, 1.54) is 6.92 Å². The maximum Gasteiger partial charge on any atom is 0.573 e. The normalized spacial score (nSPS) is 11.9. The zero-order valence-corrected chi connectivity index (χ0v) is 7.86. The van der Waals surface area contributed by atoms with Crippen LogP contribution in [0.1, 0.15) is 17.7 Å². The smallest absolute Gasteiger partial charge is 0.399 e. The summed E-state index contributed by atoms with van der Waals surface area (Å²) >= 11 is 0. The number of rotatable bonds is 2. The summed E-state index contributed by atoms with van der Waals surface area (Å²) in [5.41, 5.74) is -2.55. The van der Waals surface area contributed by atoms with Crippen LogP contribution in [0.2, 0.25) is 0 Å². The lowest BCUT2D eigenvalue weighted by Crippen LogP contribution is -2.24. The number of hydrogen-bond acceptors (Lipinski definition) is 2. The molecule has 0 aliphatic heterocycles. The first-order valence-corrected chi connectivity index (χ1v) is 3.98. The minimum atomic E-state index is -5.19. The van der Waals surface area contributed by atoms with Crippen LogP contribution in [0.3, 0.4) is 0 Å². The molecule has 0 amide bonds. The molecule has 0 atom stereocenters. The van der Waals surface area contributed by atoms with Gasteiger partial charge in [-0.1, -0.05) is 0 Å². The van der Waals surface area contributed by atoms with E-state index in [1.54, 1.807) is 0 Å². The van der Waals surface area contributed by atoms with E-state index in [0.717, 1.165) is 6.20 Å². The number of ether oxygens (including phenoxy) is 1. The number of nitrogens with one attached hydrogen (secondary N) is 1. The average molecular weight is 243 g/mol. The van der Waals surface area contributed by atoms with Gasteiger partial charge in [0.05, 0.1) is 0 Å². The van der Waals surface area contributed by atoms with Crippen LogP contribution < -0.4 is 10.2 Å². The van der Waals surface area contributed by atoms with Gasteiger partial charge in [0.15, 0.2) is 0 Å². The number of hydrogen-bond donors (Lipinski definition) is 1. The molecule has 1 aromatic heterocycles. The second kappa shape index (κ2) is 4.11. The summed E-state index contributed by atoms with van der Waals surface area (Å²) in [6, 6.07) is 0. The van der Waals surface area contributed by atoms with Crippen molar-refractivity contribution in [1.29, 1.82) is 0 Å². The van der Waals surface area contributed by atoms with Gasteiger partial charge >= 0.3 is 6.36 Å². The molecule has 0 aliphatic rings. The van der Waals surface area contributed by atoms with E-state index in [4.69, 9.17) is 0 Å². The molecule has 8 heteroatoms. The van der Waals surface area contributed by atoms with Gasteiger partial charge in [0, 0.05) is 11.8 Å². The van der Waals surface area contributed by atoms with Crippen molar-refractivity contribution in [2.24, 2.45) is 0 Å². The van der Waals surface area contributed by atoms with E-state index < -0.39 is 29.7 Å². The first-order chi connectivity index (χ1) is 7.22. The average Bonchev–Trinajstić information content (AvgIpc) is 2.10. The van der Waals surface area contributed by atoms with Crippen LogP contribution in [-0.4, -0.2) is 11.3 Å². The minimum absolute atomic E-state index is 0.149. The van der Waals surface area contributed by atoms with Crippen LogP contribution in [0.5, 0.6) is 5.75 Å². The lowest BCUT2D eigenvalue weighted by molar-refractivity contribution is -0.275. The first-order valence-electron chi connectivity index (χ1n) is 3.98. The van der Waals surface area contributed by atoms with Crippen LogP contribution >= 0.6 is 0 Å². The Morgan fingerprint density at radius 1 is 1.38 bits per heavy atom. The molecule has 0 spiro atoms. The highest BCUT2D eigenvalue weighted by atomic mass is 19.4. The van der Waals surface area contributed by atoms with Crippen LogP contribution in [0, 0.1) is 6.92 Å². The molecule has 0 radical (unpaired) electrons. The molecule has 90 valence electrons. The van der Waals surface area contributed by atoms with Gasteiger partial charge in [-0.05, 0) is 6.92 Å². The Morgan fingerprint density at radius 2 is 1.94 bits per heavy atom. The van der Waals surface area contributed by atoms with Crippen molar-refractivity contribution in [2.45, 2.75) is 19.7 Å². The monoisotopic (exact) mass is 243 g/mol. The Morgan fingerprint density at radius 3 is 2.38 bits per heavy atom. The van der Waals surface area contributed by atoms with Crippen molar-refractivity contribution < 1.29 is 26.7 Å². The predicted octanol–water partition coefficient (Wildman–Crippen LogP) is 2.52. The number of aryl methyl sites for hydroxylation is 1. The molecule has 0 fully saturated rings. The number of H-pyrrole nitrogens is 1.